The van der Waals surface area contributed by atoms with Crippen LogP contribution in [0.3, 0.4) is 0 Å². The molecule has 6 rings (SSSR count). The van der Waals surface area contributed by atoms with E-state index in [2.05, 4.69) is 36.3 Å². The van der Waals surface area contributed by atoms with Crippen LogP contribution < -0.4 is 20.8 Å². The number of anilines is 2. The third kappa shape index (κ3) is 10.1. The molecule has 256 valence electrons. The van der Waals surface area contributed by atoms with Crippen molar-refractivity contribution in [3.8, 4) is 22.1 Å². The summed E-state index contributed by atoms with van der Waals surface area (Å²) in [5, 5.41) is 23.5. The molecule has 0 bridgehead atoms. The molecule has 1 saturated heterocycles. The second-order valence-corrected chi connectivity index (χ2v) is 12.9. The highest BCUT2D eigenvalue weighted by Crippen LogP contribution is 2.26. The molecule has 4 N–H and O–H groups in total. The van der Waals surface area contributed by atoms with Gasteiger partial charge in [-0.25, -0.2) is 15.2 Å². The largest absolute Gasteiger partial charge is 0.507 e. The molecular formula is C37H36ClN7O4S. The number of carbonyl (C=O) groups is 2. The van der Waals surface area contributed by atoms with Crippen molar-refractivity contribution >= 4 is 52.5 Å². The van der Waals surface area contributed by atoms with Gasteiger partial charge in [0.25, 0.3) is 5.91 Å². The zero-order chi connectivity index (χ0) is 34.7. The van der Waals surface area contributed by atoms with E-state index in [4.69, 9.17) is 21.3 Å². The fourth-order valence-corrected chi connectivity index (χ4v) is 6.29. The fourth-order valence-electron chi connectivity index (χ4n) is 5.28. The SMILES string of the molecule is O=C(CN1CCN(Cc2csc(-c3ccc(NC(=O)Nc4cccc(Cl)c4)cc3)n2)CC1)N/N=C/c1ccc(OCc2ccccc2)cc1O. The number of urea groups is 1. The first kappa shape index (κ1) is 34.6. The molecule has 0 saturated carbocycles. The van der Waals surface area contributed by atoms with E-state index in [-0.39, 0.29) is 24.2 Å². The topological polar surface area (TPSA) is 131 Å². The van der Waals surface area contributed by atoms with Crippen molar-refractivity contribution in [1.29, 1.82) is 0 Å². The number of nitrogens with zero attached hydrogens (tertiary/aromatic N) is 4. The van der Waals surface area contributed by atoms with Crippen molar-refractivity contribution in [3.63, 3.8) is 0 Å². The van der Waals surface area contributed by atoms with Crippen molar-refractivity contribution in [1.82, 2.24) is 20.2 Å². The number of carbonyl (C=O) groups excluding carboxylic acids is 2. The zero-order valence-corrected chi connectivity index (χ0v) is 28.7. The van der Waals surface area contributed by atoms with Gasteiger partial charge in [0, 0.05) is 71.7 Å². The normalized spacial score (nSPS) is 13.6. The smallest absolute Gasteiger partial charge is 0.323 e. The number of hydrogen-bond acceptors (Lipinski definition) is 9. The molecule has 0 unspecified atom stereocenters. The van der Waals surface area contributed by atoms with Crippen molar-refractivity contribution in [2.45, 2.75) is 13.2 Å². The van der Waals surface area contributed by atoms with E-state index in [1.54, 1.807) is 47.7 Å². The van der Waals surface area contributed by atoms with Gasteiger partial charge in [0.05, 0.1) is 18.5 Å². The summed E-state index contributed by atoms with van der Waals surface area (Å²) in [4.78, 5) is 34.1. The van der Waals surface area contributed by atoms with E-state index in [1.807, 2.05) is 54.6 Å². The van der Waals surface area contributed by atoms with Gasteiger partial charge in [-0.2, -0.15) is 5.10 Å². The van der Waals surface area contributed by atoms with Gasteiger partial charge < -0.3 is 20.5 Å². The third-order valence-electron chi connectivity index (χ3n) is 7.88. The molecule has 1 aliphatic rings. The monoisotopic (exact) mass is 709 g/mol. The average molecular weight is 710 g/mol. The Labute approximate surface area is 299 Å². The molecule has 11 nitrogen and oxygen atoms in total. The molecule has 1 fully saturated rings. The number of hydrogen-bond donors (Lipinski definition) is 4. The Hall–Kier alpha value is -5.27. The number of halogens is 1. The van der Waals surface area contributed by atoms with Crippen molar-refractivity contribution in [2.75, 3.05) is 43.4 Å². The van der Waals surface area contributed by atoms with Crippen LogP contribution in [0.1, 0.15) is 16.8 Å². The van der Waals surface area contributed by atoms with Gasteiger partial charge in [-0.15, -0.1) is 11.3 Å². The predicted octanol–water partition coefficient (Wildman–Crippen LogP) is 6.66. The zero-order valence-electron chi connectivity index (χ0n) is 27.1. The summed E-state index contributed by atoms with van der Waals surface area (Å²) >= 11 is 7.57. The van der Waals surface area contributed by atoms with Crippen LogP contribution in [0.25, 0.3) is 10.6 Å². The van der Waals surface area contributed by atoms with E-state index >= 15 is 0 Å². The summed E-state index contributed by atoms with van der Waals surface area (Å²) in [7, 11) is 0. The van der Waals surface area contributed by atoms with Gasteiger partial charge in [0.2, 0.25) is 0 Å². The molecule has 1 aliphatic heterocycles. The van der Waals surface area contributed by atoms with Gasteiger partial charge in [-0.1, -0.05) is 48.0 Å². The highest BCUT2D eigenvalue weighted by Gasteiger charge is 2.20. The number of rotatable bonds is 12. The Balaban J connectivity index is 0.896. The minimum atomic E-state index is -0.352. The van der Waals surface area contributed by atoms with Gasteiger partial charge in [0.1, 0.15) is 23.1 Å². The van der Waals surface area contributed by atoms with Gasteiger partial charge in [-0.05, 0) is 60.2 Å². The number of benzene rings is 4. The maximum atomic E-state index is 12.5. The molecular weight excluding hydrogens is 674 g/mol. The first-order valence-corrected chi connectivity index (χ1v) is 17.3. The molecule has 0 radical (unpaired) electrons. The lowest BCUT2D eigenvalue weighted by Gasteiger charge is -2.33. The lowest BCUT2D eigenvalue weighted by atomic mass is 10.2. The molecule has 4 aromatic carbocycles. The number of aromatic nitrogens is 1. The summed E-state index contributed by atoms with van der Waals surface area (Å²) in [6.45, 7) is 4.48. The number of ether oxygens (including phenoxy) is 1. The molecule has 5 aromatic rings. The quantitative estimate of drug-likeness (QED) is 0.0842. The minimum absolute atomic E-state index is 0.0133. The molecule has 0 spiro atoms. The Morgan fingerprint density at radius 1 is 0.900 bits per heavy atom. The van der Waals surface area contributed by atoms with Crippen molar-refractivity contribution < 1.29 is 19.4 Å². The number of thiazole rings is 1. The molecule has 0 aliphatic carbocycles. The van der Waals surface area contributed by atoms with Crippen LogP contribution in [-0.2, 0) is 17.9 Å². The second-order valence-electron chi connectivity index (χ2n) is 11.7. The highest BCUT2D eigenvalue weighted by atomic mass is 35.5. The molecule has 1 aromatic heterocycles. The third-order valence-corrected chi connectivity index (χ3v) is 9.06. The number of piperazine rings is 1. The Bertz CT molecular complexity index is 1930. The lowest BCUT2D eigenvalue weighted by molar-refractivity contribution is -0.122. The number of amides is 3. The summed E-state index contributed by atoms with van der Waals surface area (Å²) in [6.07, 6.45) is 1.42. The van der Waals surface area contributed by atoms with E-state index in [0.29, 0.717) is 34.3 Å². The molecule has 3 amide bonds. The molecule has 50 heavy (non-hydrogen) atoms. The van der Waals surface area contributed by atoms with Gasteiger partial charge in [0.15, 0.2) is 0 Å². The van der Waals surface area contributed by atoms with Crippen LogP contribution in [0.15, 0.2) is 108 Å². The Morgan fingerprint density at radius 2 is 1.66 bits per heavy atom. The number of phenolic OH excluding ortho intramolecular Hbond substituents is 1. The number of aromatic hydroxyl groups is 1. The predicted molar refractivity (Wildman–Crippen MR) is 198 cm³/mol. The lowest BCUT2D eigenvalue weighted by Crippen LogP contribution is -2.48. The summed E-state index contributed by atoms with van der Waals surface area (Å²) in [5.74, 6) is 0.337. The number of phenols is 1. The molecule has 2 heterocycles. The highest BCUT2D eigenvalue weighted by molar-refractivity contribution is 7.13. The van der Waals surface area contributed by atoms with E-state index in [0.717, 1.165) is 54.6 Å². The van der Waals surface area contributed by atoms with Crippen LogP contribution in [0.4, 0.5) is 16.2 Å². The average Bonchev–Trinajstić information content (AvgIpc) is 3.58. The molecule has 0 atom stereocenters. The first-order chi connectivity index (χ1) is 24.4. The standard InChI is InChI=1S/C37H36ClN7O4S/c38-29-7-4-8-31(19-29)42-37(48)41-30-12-9-27(10-13-30)36-40-32(25-50-36)22-44-15-17-45(18-16-44)23-35(47)43-39-21-28-11-14-33(20-34(28)46)49-24-26-5-2-1-3-6-26/h1-14,19-21,25,46H,15-18,22-24H2,(H,43,47)(H2,41,42,48)/b39-21+. The Kier molecular flexibility index (Phi) is 11.7. The summed E-state index contributed by atoms with van der Waals surface area (Å²) < 4.78 is 5.74. The maximum Gasteiger partial charge on any atom is 0.323 e. The second kappa shape index (κ2) is 16.9. The van der Waals surface area contributed by atoms with Crippen LogP contribution in [-0.4, -0.2) is 70.8 Å². The maximum absolute atomic E-state index is 12.5. The van der Waals surface area contributed by atoms with Crippen molar-refractivity contribution in [2.24, 2.45) is 5.10 Å². The van der Waals surface area contributed by atoms with Crippen LogP contribution in [0.2, 0.25) is 5.02 Å². The number of hydrazone groups is 1. The fraction of sp³-hybridized carbons (Fsp3) is 0.189. The van der Waals surface area contributed by atoms with Gasteiger partial charge >= 0.3 is 6.03 Å². The minimum Gasteiger partial charge on any atom is -0.507 e. The van der Waals surface area contributed by atoms with Crippen molar-refractivity contribution in [3.05, 3.63) is 124 Å². The first-order valence-electron chi connectivity index (χ1n) is 16.0. The van der Waals surface area contributed by atoms with E-state index < -0.39 is 0 Å². The van der Waals surface area contributed by atoms with E-state index in [1.165, 1.54) is 12.3 Å². The van der Waals surface area contributed by atoms with Crippen LogP contribution >= 0.6 is 22.9 Å². The van der Waals surface area contributed by atoms with Crippen LogP contribution in [0, 0.1) is 0 Å². The number of nitrogens with one attached hydrogen (secondary N) is 3. The van der Waals surface area contributed by atoms with E-state index in [9.17, 15) is 14.7 Å². The summed E-state index contributed by atoms with van der Waals surface area (Å²) in [6, 6.07) is 28.9. The van der Waals surface area contributed by atoms with Gasteiger partial charge in [-0.3, -0.25) is 14.6 Å². The van der Waals surface area contributed by atoms with Crippen LogP contribution in [0.5, 0.6) is 11.5 Å². The Morgan fingerprint density at radius 3 is 2.42 bits per heavy atom. The molecule has 13 heteroatoms. The summed E-state index contributed by atoms with van der Waals surface area (Å²) in [5.41, 5.74) is 7.30.